The summed E-state index contributed by atoms with van der Waals surface area (Å²) in [6.07, 6.45) is 0.763. The molecule has 4 nitrogen and oxygen atoms in total. The van der Waals surface area contributed by atoms with E-state index in [4.69, 9.17) is 11.6 Å². The van der Waals surface area contributed by atoms with Crippen molar-refractivity contribution in [3.63, 3.8) is 0 Å². The summed E-state index contributed by atoms with van der Waals surface area (Å²) in [5.74, 6) is 0.470. The number of rotatable bonds is 3. The van der Waals surface area contributed by atoms with Crippen molar-refractivity contribution in [1.82, 2.24) is 19.3 Å². The summed E-state index contributed by atoms with van der Waals surface area (Å²) >= 11 is 9.26. The molecule has 0 fully saturated rings. The van der Waals surface area contributed by atoms with Gasteiger partial charge >= 0.3 is 0 Å². The number of hydrogen-bond acceptors (Lipinski definition) is 2. The lowest BCUT2D eigenvalue weighted by molar-refractivity contribution is 0.614. The number of aryl methyl sites for hydroxylation is 2. The third-order valence-corrected chi connectivity index (χ3v) is 4.11. The summed E-state index contributed by atoms with van der Waals surface area (Å²) in [4.78, 5) is 4.53. The number of fused-ring (bicyclic) bond motifs is 1. The van der Waals surface area contributed by atoms with E-state index < -0.39 is 0 Å². The second-order valence-corrected chi connectivity index (χ2v) is 5.87. The minimum Gasteiger partial charge on any atom is -0.277 e. The molecule has 0 aliphatic heterocycles. The van der Waals surface area contributed by atoms with Gasteiger partial charge in [-0.3, -0.25) is 4.57 Å². The van der Waals surface area contributed by atoms with E-state index >= 15 is 0 Å². The van der Waals surface area contributed by atoms with Crippen LogP contribution in [0, 0.1) is 5.82 Å². The Balaban J connectivity index is 2.37. The van der Waals surface area contributed by atoms with Crippen molar-refractivity contribution in [2.75, 3.05) is 0 Å². The highest BCUT2D eigenvalue weighted by atomic mass is 79.9. The second kappa shape index (κ2) is 5.42. The molecular weight excluding hydrogens is 359 g/mol. The van der Waals surface area contributed by atoms with Gasteiger partial charge in [-0.15, -0.1) is 11.6 Å². The molecule has 21 heavy (non-hydrogen) atoms. The molecule has 0 saturated carbocycles. The van der Waals surface area contributed by atoms with E-state index in [1.165, 1.54) is 6.07 Å². The average molecular weight is 372 g/mol. The molecule has 0 aliphatic carbocycles. The van der Waals surface area contributed by atoms with Gasteiger partial charge in [0.25, 0.3) is 0 Å². The van der Waals surface area contributed by atoms with E-state index in [9.17, 15) is 4.39 Å². The van der Waals surface area contributed by atoms with Crippen molar-refractivity contribution in [1.29, 1.82) is 0 Å². The fraction of sp³-hybridized carbons (Fsp3) is 0.286. The standard InChI is InChI=1S/C14H13BrClFN4/c1-3-10-13-14(20(2)19-10)21(12(7-16)18-13)11-5-4-8(15)6-9(11)17/h4-6H,3,7H2,1-2H3. The third kappa shape index (κ3) is 2.26. The molecule has 3 aromatic rings. The van der Waals surface area contributed by atoms with E-state index in [1.807, 2.05) is 14.0 Å². The van der Waals surface area contributed by atoms with Crippen molar-refractivity contribution < 1.29 is 4.39 Å². The highest BCUT2D eigenvalue weighted by molar-refractivity contribution is 9.10. The first-order valence-electron chi connectivity index (χ1n) is 6.51. The molecule has 0 aliphatic rings. The molecule has 1 aromatic carbocycles. The molecule has 7 heteroatoms. The number of alkyl halides is 1. The van der Waals surface area contributed by atoms with E-state index in [2.05, 4.69) is 26.0 Å². The van der Waals surface area contributed by atoms with E-state index in [0.717, 1.165) is 23.3 Å². The molecule has 2 aromatic heterocycles. The van der Waals surface area contributed by atoms with E-state index in [1.54, 1.807) is 21.4 Å². The van der Waals surface area contributed by atoms with Crippen LogP contribution in [-0.2, 0) is 19.3 Å². The summed E-state index contributed by atoms with van der Waals surface area (Å²) in [5, 5.41) is 4.44. The minimum atomic E-state index is -0.339. The average Bonchev–Trinajstić information content (AvgIpc) is 2.97. The van der Waals surface area contributed by atoms with Crippen LogP contribution in [0.1, 0.15) is 18.4 Å². The highest BCUT2D eigenvalue weighted by Crippen LogP contribution is 2.27. The molecule has 0 bridgehead atoms. The molecule has 0 N–H and O–H groups in total. The number of imidazole rings is 1. The molecule has 0 saturated heterocycles. The number of halogens is 3. The highest BCUT2D eigenvalue weighted by Gasteiger charge is 2.20. The Morgan fingerprint density at radius 1 is 1.38 bits per heavy atom. The first kappa shape index (κ1) is 14.5. The summed E-state index contributed by atoms with van der Waals surface area (Å²) in [5.41, 5.74) is 2.83. The van der Waals surface area contributed by atoms with Crippen molar-refractivity contribution in [2.45, 2.75) is 19.2 Å². The Labute approximate surface area is 134 Å². The minimum absolute atomic E-state index is 0.202. The molecule has 3 rings (SSSR count). The zero-order chi connectivity index (χ0) is 15.1. The lowest BCUT2D eigenvalue weighted by Gasteiger charge is -2.09. The quantitative estimate of drug-likeness (QED) is 0.653. The Bertz CT molecular complexity index is 824. The zero-order valence-electron chi connectivity index (χ0n) is 11.6. The van der Waals surface area contributed by atoms with Crippen LogP contribution in [0.3, 0.4) is 0 Å². The van der Waals surface area contributed by atoms with Crippen LogP contribution < -0.4 is 0 Å². The first-order valence-corrected chi connectivity index (χ1v) is 7.84. The number of nitrogens with zero attached hydrogens (tertiary/aromatic N) is 4. The van der Waals surface area contributed by atoms with Gasteiger partial charge in [-0.1, -0.05) is 22.9 Å². The Morgan fingerprint density at radius 3 is 2.76 bits per heavy atom. The monoisotopic (exact) mass is 370 g/mol. The van der Waals surface area contributed by atoms with Crippen LogP contribution >= 0.6 is 27.5 Å². The number of aromatic nitrogens is 4. The van der Waals surface area contributed by atoms with Crippen molar-refractivity contribution >= 4 is 38.7 Å². The Morgan fingerprint density at radius 2 is 2.14 bits per heavy atom. The fourth-order valence-electron chi connectivity index (χ4n) is 2.47. The largest absolute Gasteiger partial charge is 0.277 e. The SMILES string of the molecule is CCc1nn(C)c2c1nc(CCl)n2-c1ccc(Br)cc1F. The number of hydrogen-bond donors (Lipinski definition) is 0. The van der Waals surface area contributed by atoms with Crippen molar-refractivity contribution in [3.05, 3.63) is 40.0 Å². The van der Waals surface area contributed by atoms with Crippen molar-refractivity contribution in [3.8, 4) is 5.69 Å². The van der Waals surface area contributed by atoms with Crippen LogP contribution in [0.15, 0.2) is 22.7 Å². The maximum Gasteiger partial charge on any atom is 0.163 e. The Kier molecular flexibility index (Phi) is 3.75. The molecule has 0 spiro atoms. The summed E-state index contributed by atoms with van der Waals surface area (Å²) in [6, 6.07) is 4.92. The molecule has 0 atom stereocenters. The van der Waals surface area contributed by atoms with Gasteiger partial charge in [-0.25, -0.2) is 14.1 Å². The molecule has 0 unspecified atom stereocenters. The number of benzene rings is 1. The van der Waals surface area contributed by atoms with Gasteiger partial charge in [0, 0.05) is 11.5 Å². The topological polar surface area (TPSA) is 35.6 Å². The van der Waals surface area contributed by atoms with Gasteiger partial charge in [0.1, 0.15) is 17.2 Å². The summed E-state index contributed by atoms with van der Waals surface area (Å²) in [6.45, 7) is 2.02. The molecule has 2 heterocycles. The summed E-state index contributed by atoms with van der Waals surface area (Å²) < 4.78 is 18.5. The lowest BCUT2D eigenvalue weighted by atomic mass is 10.3. The zero-order valence-corrected chi connectivity index (χ0v) is 13.9. The van der Waals surface area contributed by atoms with Crippen LogP contribution in [0.25, 0.3) is 16.9 Å². The Hall–Kier alpha value is -1.40. The third-order valence-electron chi connectivity index (χ3n) is 3.38. The van der Waals surface area contributed by atoms with Gasteiger partial charge < -0.3 is 0 Å². The fourth-order valence-corrected chi connectivity index (χ4v) is 2.98. The molecule has 0 amide bonds. The van der Waals surface area contributed by atoms with Gasteiger partial charge in [0.05, 0.1) is 17.3 Å². The van der Waals surface area contributed by atoms with E-state index in [-0.39, 0.29) is 11.7 Å². The van der Waals surface area contributed by atoms with Crippen molar-refractivity contribution in [2.24, 2.45) is 7.05 Å². The van der Waals surface area contributed by atoms with Gasteiger partial charge in [-0.05, 0) is 24.6 Å². The summed E-state index contributed by atoms with van der Waals surface area (Å²) in [7, 11) is 1.83. The molecule has 110 valence electrons. The van der Waals surface area contributed by atoms with Crippen LogP contribution in [0.4, 0.5) is 4.39 Å². The molecule has 0 radical (unpaired) electrons. The van der Waals surface area contributed by atoms with Gasteiger partial charge in [0.2, 0.25) is 0 Å². The first-order chi connectivity index (χ1) is 10.1. The second-order valence-electron chi connectivity index (χ2n) is 4.69. The predicted octanol–water partition coefficient (Wildman–Crippen LogP) is 3.96. The van der Waals surface area contributed by atoms with Crippen LogP contribution in [0.5, 0.6) is 0 Å². The normalized spacial score (nSPS) is 11.5. The lowest BCUT2D eigenvalue weighted by Crippen LogP contribution is -2.06. The maximum absolute atomic E-state index is 14.3. The van der Waals surface area contributed by atoms with E-state index in [0.29, 0.717) is 16.0 Å². The smallest absolute Gasteiger partial charge is 0.163 e. The van der Waals surface area contributed by atoms with Crippen LogP contribution in [0.2, 0.25) is 0 Å². The maximum atomic E-state index is 14.3. The van der Waals surface area contributed by atoms with Gasteiger partial charge in [0.15, 0.2) is 5.65 Å². The molecular formula is C14H13BrClFN4. The van der Waals surface area contributed by atoms with Gasteiger partial charge in [-0.2, -0.15) is 5.10 Å². The van der Waals surface area contributed by atoms with Crippen LogP contribution in [-0.4, -0.2) is 19.3 Å². The predicted molar refractivity (Wildman–Crippen MR) is 84.4 cm³/mol.